The number of nitrogens with zero attached hydrogens (tertiary/aromatic N) is 2. The Morgan fingerprint density at radius 3 is 2.64 bits per heavy atom. The van der Waals surface area contributed by atoms with Crippen LogP contribution in [0, 0.1) is 6.92 Å². The first-order chi connectivity index (χ1) is 17.1. The van der Waals surface area contributed by atoms with E-state index < -0.39 is 6.03 Å². The first kappa shape index (κ1) is 25.4. The fourth-order valence-corrected chi connectivity index (χ4v) is 5.05. The maximum atomic E-state index is 13.4. The van der Waals surface area contributed by atoms with E-state index >= 15 is 0 Å². The Hall–Kier alpha value is -3.72. The first-order valence-corrected chi connectivity index (χ1v) is 12.7. The number of aryl methyl sites for hydroxylation is 1. The molecule has 0 bridgehead atoms. The summed E-state index contributed by atoms with van der Waals surface area (Å²) in [5, 5.41) is 9.07. The number of carbonyl (C=O) groups excluding carboxylic acids is 3. The van der Waals surface area contributed by atoms with Crippen molar-refractivity contribution in [2.24, 2.45) is 0 Å². The summed E-state index contributed by atoms with van der Waals surface area (Å²) in [6.07, 6.45) is 3.77. The molecule has 1 saturated heterocycles. The zero-order valence-electron chi connectivity index (χ0n) is 21.0. The molecular weight excluding hydrogens is 474 g/mol. The van der Waals surface area contributed by atoms with Crippen LogP contribution in [0.25, 0.3) is 11.1 Å². The number of benzene rings is 1. The van der Waals surface area contributed by atoms with Gasteiger partial charge in [-0.25, -0.2) is 4.79 Å². The molecule has 9 heteroatoms. The van der Waals surface area contributed by atoms with E-state index in [1.165, 1.54) is 11.3 Å². The van der Waals surface area contributed by atoms with Gasteiger partial charge in [-0.15, -0.1) is 11.3 Å². The number of hydrogen-bond acceptors (Lipinski definition) is 5. The lowest BCUT2D eigenvalue weighted by molar-refractivity contribution is -0.120. The van der Waals surface area contributed by atoms with E-state index in [0.717, 1.165) is 21.6 Å². The van der Waals surface area contributed by atoms with Gasteiger partial charge in [-0.1, -0.05) is 32.9 Å². The molecule has 0 unspecified atom stereocenters. The second kappa shape index (κ2) is 10.5. The predicted octanol–water partition coefficient (Wildman–Crippen LogP) is 5.02. The molecule has 0 radical (unpaired) electrons. The maximum Gasteiger partial charge on any atom is 0.324 e. The van der Waals surface area contributed by atoms with Crippen LogP contribution in [0.2, 0.25) is 0 Å². The van der Waals surface area contributed by atoms with E-state index in [0.29, 0.717) is 35.9 Å². The Morgan fingerprint density at radius 1 is 1.11 bits per heavy atom. The molecular formula is C27H31N5O3S. The minimum Gasteiger partial charge on any atom is -0.354 e. The van der Waals surface area contributed by atoms with E-state index in [1.807, 2.05) is 43.3 Å². The van der Waals surface area contributed by atoms with Gasteiger partial charge in [-0.2, -0.15) is 0 Å². The summed E-state index contributed by atoms with van der Waals surface area (Å²) in [5.41, 5.74) is 3.89. The van der Waals surface area contributed by atoms with Gasteiger partial charge in [0.1, 0.15) is 5.00 Å². The van der Waals surface area contributed by atoms with Gasteiger partial charge in [0.25, 0.3) is 5.91 Å². The SMILES string of the molecule is Cc1ccc(NC(=O)Nc2sc(C(C)(C)C)cc2C(=O)N2CCNC(=O)CC2)cc1-c1cccnc1. The molecule has 0 saturated carbocycles. The number of pyridine rings is 1. The summed E-state index contributed by atoms with van der Waals surface area (Å²) in [4.78, 5) is 45.0. The maximum absolute atomic E-state index is 13.4. The lowest BCUT2D eigenvalue weighted by Crippen LogP contribution is -2.34. The molecule has 3 aromatic rings. The van der Waals surface area contributed by atoms with Gasteiger partial charge in [0, 0.05) is 54.6 Å². The molecule has 1 aliphatic heterocycles. The van der Waals surface area contributed by atoms with Crippen LogP contribution < -0.4 is 16.0 Å². The smallest absolute Gasteiger partial charge is 0.324 e. The van der Waals surface area contributed by atoms with Crippen LogP contribution in [0.3, 0.4) is 0 Å². The molecule has 0 spiro atoms. The van der Waals surface area contributed by atoms with Gasteiger partial charge in [0.2, 0.25) is 5.91 Å². The fourth-order valence-electron chi connectivity index (χ4n) is 3.95. The highest BCUT2D eigenvalue weighted by molar-refractivity contribution is 7.16. The topological polar surface area (TPSA) is 103 Å². The Bertz CT molecular complexity index is 1280. The minimum atomic E-state index is -0.431. The number of carbonyl (C=O) groups is 3. The van der Waals surface area contributed by atoms with Crippen molar-refractivity contribution in [3.63, 3.8) is 0 Å². The summed E-state index contributed by atoms with van der Waals surface area (Å²) >= 11 is 1.40. The quantitative estimate of drug-likeness (QED) is 0.463. The molecule has 188 valence electrons. The average Bonchev–Trinajstić information content (AvgIpc) is 3.14. The molecule has 1 aromatic carbocycles. The van der Waals surface area contributed by atoms with Gasteiger partial charge >= 0.3 is 6.03 Å². The van der Waals surface area contributed by atoms with E-state index in [9.17, 15) is 14.4 Å². The van der Waals surface area contributed by atoms with Crippen LogP contribution in [-0.4, -0.2) is 47.4 Å². The summed E-state index contributed by atoms with van der Waals surface area (Å²) in [6, 6.07) is 11.0. The average molecular weight is 506 g/mol. The van der Waals surface area contributed by atoms with Crippen LogP contribution >= 0.6 is 11.3 Å². The van der Waals surface area contributed by atoms with E-state index in [2.05, 4.69) is 41.7 Å². The van der Waals surface area contributed by atoms with Crippen LogP contribution in [-0.2, 0) is 10.2 Å². The molecule has 4 amide bonds. The zero-order chi connectivity index (χ0) is 25.9. The largest absolute Gasteiger partial charge is 0.354 e. The number of rotatable bonds is 4. The highest BCUT2D eigenvalue weighted by Crippen LogP contribution is 2.37. The van der Waals surface area contributed by atoms with Crippen LogP contribution in [0.5, 0.6) is 0 Å². The molecule has 3 N–H and O–H groups in total. The molecule has 2 aromatic heterocycles. The van der Waals surface area contributed by atoms with E-state index in [-0.39, 0.29) is 23.7 Å². The van der Waals surface area contributed by atoms with Crippen molar-refractivity contribution in [3.05, 3.63) is 64.8 Å². The predicted molar refractivity (Wildman–Crippen MR) is 144 cm³/mol. The molecule has 0 atom stereocenters. The number of aromatic nitrogens is 1. The minimum absolute atomic E-state index is 0.0625. The number of urea groups is 1. The molecule has 1 fully saturated rings. The molecule has 0 aliphatic carbocycles. The molecule has 4 rings (SSSR count). The van der Waals surface area contributed by atoms with Crippen LogP contribution in [0.4, 0.5) is 15.5 Å². The van der Waals surface area contributed by atoms with Gasteiger partial charge in [0.05, 0.1) is 5.56 Å². The number of thiophene rings is 1. The first-order valence-electron chi connectivity index (χ1n) is 11.9. The number of hydrogen-bond donors (Lipinski definition) is 3. The lowest BCUT2D eigenvalue weighted by Gasteiger charge is -2.20. The summed E-state index contributed by atoms with van der Waals surface area (Å²) in [5.74, 6) is -0.254. The van der Waals surface area contributed by atoms with Gasteiger partial charge in [-0.3, -0.25) is 19.9 Å². The summed E-state index contributed by atoms with van der Waals surface area (Å²) in [7, 11) is 0. The third-order valence-electron chi connectivity index (χ3n) is 6.00. The van der Waals surface area contributed by atoms with Crippen molar-refractivity contribution in [1.82, 2.24) is 15.2 Å². The zero-order valence-corrected chi connectivity index (χ0v) is 21.8. The number of amides is 4. The number of anilines is 2. The third kappa shape index (κ3) is 5.91. The standard InChI is InChI=1S/C27H31N5O3S/c1-17-7-8-19(14-20(17)18-6-5-10-28-16-18)30-26(35)31-24-21(15-22(36-24)27(2,3)4)25(34)32-12-9-23(33)29-11-13-32/h5-8,10,14-16H,9,11-13H2,1-4H3,(H,29,33)(H2,30,31,35). The molecule has 8 nitrogen and oxygen atoms in total. The fraction of sp³-hybridized carbons (Fsp3) is 0.333. The van der Waals surface area contributed by atoms with Crippen LogP contribution in [0.15, 0.2) is 48.8 Å². The van der Waals surface area contributed by atoms with Gasteiger partial charge in [-0.05, 0) is 47.7 Å². The molecule has 36 heavy (non-hydrogen) atoms. The van der Waals surface area contributed by atoms with Gasteiger partial charge < -0.3 is 15.5 Å². The Balaban J connectivity index is 1.56. The summed E-state index contributed by atoms with van der Waals surface area (Å²) < 4.78 is 0. The van der Waals surface area contributed by atoms with Crippen molar-refractivity contribution in [3.8, 4) is 11.1 Å². The lowest BCUT2D eigenvalue weighted by atomic mass is 9.94. The Morgan fingerprint density at radius 2 is 1.92 bits per heavy atom. The normalized spacial score (nSPS) is 14.1. The van der Waals surface area contributed by atoms with E-state index in [4.69, 9.17) is 0 Å². The van der Waals surface area contributed by atoms with Crippen LogP contribution in [0.1, 0.15) is 48.0 Å². The Kier molecular flexibility index (Phi) is 7.40. The van der Waals surface area contributed by atoms with Gasteiger partial charge in [0.15, 0.2) is 0 Å². The third-order valence-corrected chi connectivity index (χ3v) is 7.47. The van der Waals surface area contributed by atoms with Crippen molar-refractivity contribution < 1.29 is 14.4 Å². The second-order valence-electron chi connectivity index (χ2n) is 9.85. The van der Waals surface area contributed by atoms with E-state index in [1.54, 1.807) is 17.3 Å². The monoisotopic (exact) mass is 505 g/mol. The van der Waals surface area contributed by atoms with Crippen molar-refractivity contribution in [2.75, 3.05) is 30.3 Å². The van der Waals surface area contributed by atoms with Crippen molar-refractivity contribution in [2.45, 2.75) is 39.5 Å². The molecule has 1 aliphatic rings. The Labute approximate surface area is 215 Å². The second-order valence-corrected chi connectivity index (χ2v) is 10.9. The molecule has 3 heterocycles. The number of nitrogens with one attached hydrogen (secondary N) is 3. The van der Waals surface area contributed by atoms with Crippen molar-refractivity contribution in [1.29, 1.82) is 0 Å². The highest BCUT2D eigenvalue weighted by atomic mass is 32.1. The van der Waals surface area contributed by atoms with Crippen molar-refractivity contribution >= 4 is 39.9 Å². The highest BCUT2D eigenvalue weighted by Gasteiger charge is 2.28. The summed E-state index contributed by atoms with van der Waals surface area (Å²) in [6.45, 7) is 9.40.